The molecule has 0 aliphatic carbocycles. The van der Waals surface area contributed by atoms with Crippen LogP contribution in [0.25, 0.3) is 0 Å². The van der Waals surface area contributed by atoms with Gasteiger partial charge in [0.25, 0.3) is 0 Å². The van der Waals surface area contributed by atoms with E-state index >= 15 is 0 Å². The van der Waals surface area contributed by atoms with Gasteiger partial charge in [-0.1, -0.05) is 18.2 Å². The van der Waals surface area contributed by atoms with Gasteiger partial charge in [-0.25, -0.2) is 0 Å². The molecule has 2 atom stereocenters. The fourth-order valence-corrected chi connectivity index (χ4v) is 2.11. The number of hydrogen-bond donors (Lipinski definition) is 2. The molecule has 0 spiro atoms. The van der Waals surface area contributed by atoms with Crippen LogP contribution >= 0.6 is 0 Å². The molecule has 1 heterocycles. The molecule has 4 heteroatoms. The van der Waals surface area contributed by atoms with E-state index in [2.05, 4.69) is 11.5 Å². The summed E-state index contributed by atoms with van der Waals surface area (Å²) in [5, 5.41) is 0. The Bertz CT molecular complexity index is 344. The van der Waals surface area contributed by atoms with Crippen molar-refractivity contribution in [3.63, 3.8) is 0 Å². The van der Waals surface area contributed by atoms with Crippen LogP contribution in [0, 0.1) is 5.92 Å². The van der Waals surface area contributed by atoms with Crippen LogP contribution in [0.2, 0.25) is 0 Å². The maximum Gasteiger partial charge on any atom is 0.122 e. The first-order valence-corrected chi connectivity index (χ1v) is 5.51. The van der Waals surface area contributed by atoms with Gasteiger partial charge >= 0.3 is 0 Å². The van der Waals surface area contributed by atoms with E-state index in [-0.39, 0.29) is 6.04 Å². The number of fused-ring (bicyclic) bond motifs is 1. The van der Waals surface area contributed by atoms with Crippen molar-refractivity contribution in [3.8, 4) is 5.75 Å². The number of hydrazine groups is 1. The molecule has 0 radical (unpaired) electrons. The Hall–Kier alpha value is -1.10. The SMILES string of the molecule is COCC(NN)C1COc2ccccc2C1. The van der Waals surface area contributed by atoms with Crippen LogP contribution in [-0.2, 0) is 11.2 Å². The van der Waals surface area contributed by atoms with Crippen LogP contribution in [0.1, 0.15) is 5.56 Å². The summed E-state index contributed by atoms with van der Waals surface area (Å²) in [6.07, 6.45) is 0.981. The Morgan fingerprint density at radius 3 is 3.12 bits per heavy atom. The Morgan fingerprint density at radius 2 is 2.38 bits per heavy atom. The lowest BCUT2D eigenvalue weighted by Gasteiger charge is -2.30. The van der Waals surface area contributed by atoms with Crippen LogP contribution in [0.5, 0.6) is 5.75 Å². The van der Waals surface area contributed by atoms with E-state index in [0.29, 0.717) is 19.1 Å². The van der Waals surface area contributed by atoms with Crippen molar-refractivity contribution in [1.29, 1.82) is 0 Å². The highest BCUT2D eigenvalue weighted by Gasteiger charge is 2.26. The molecule has 2 unspecified atom stereocenters. The second-order valence-electron chi connectivity index (χ2n) is 4.11. The molecule has 16 heavy (non-hydrogen) atoms. The minimum atomic E-state index is 0.137. The highest BCUT2D eigenvalue weighted by atomic mass is 16.5. The van der Waals surface area contributed by atoms with Crippen LogP contribution < -0.4 is 16.0 Å². The Morgan fingerprint density at radius 1 is 1.56 bits per heavy atom. The van der Waals surface area contributed by atoms with Gasteiger partial charge in [-0.15, -0.1) is 0 Å². The van der Waals surface area contributed by atoms with Gasteiger partial charge in [-0.3, -0.25) is 11.3 Å². The Labute approximate surface area is 95.7 Å². The van der Waals surface area contributed by atoms with E-state index in [1.807, 2.05) is 18.2 Å². The summed E-state index contributed by atoms with van der Waals surface area (Å²) in [6.45, 7) is 1.29. The summed E-state index contributed by atoms with van der Waals surface area (Å²) < 4.78 is 10.9. The summed E-state index contributed by atoms with van der Waals surface area (Å²) >= 11 is 0. The molecule has 1 aliphatic heterocycles. The van der Waals surface area contributed by atoms with E-state index in [1.54, 1.807) is 7.11 Å². The third kappa shape index (κ3) is 2.35. The largest absolute Gasteiger partial charge is 0.493 e. The van der Waals surface area contributed by atoms with Crippen LogP contribution in [-0.4, -0.2) is 26.4 Å². The van der Waals surface area contributed by atoms with Gasteiger partial charge in [0.1, 0.15) is 5.75 Å². The molecule has 3 N–H and O–H groups in total. The fourth-order valence-electron chi connectivity index (χ4n) is 2.11. The molecule has 1 aliphatic rings. The van der Waals surface area contributed by atoms with E-state index in [0.717, 1.165) is 12.2 Å². The lowest BCUT2D eigenvalue weighted by molar-refractivity contribution is 0.108. The standard InChI is InChI=1S/C12H18N2O2/c1-15-8-11(14-13)10-6-9-4-2-3-5-12(9)16-7-10/h2-5,10-11,14H,6-8,13H2,1H3. The van der Waals surface area contributed by atoms with E-state index in [1.165, 1.54) is 5.56 Å². The van der Waals surface area contributed by atoms with Gasteiger partial charge in [-0.05, 0) is 18.1 Å². The van der Waals surface area contributed by atoms with Crippen molar-refractivity contribution in [1.82, 2.24) is 5.43 Å². The molecule has 0 fully saturated rings. The molecule has 2 rings (SSSR count). The number of methoxy groups -OCH3 is 1. The first-order valence-electron chi connectivity index (χ1n) is 5.51. The lowest BCUT2D eigenvalue weighted by atomic mass is 9.91. The maximum atomic E-state index is 5.71. The number of benzene rings is 1. The van der Waals surface area contributed by atoms with Gasteiger partial charge in [0.15, 0.2) is 0 Å². The topological polar surface area (TPSA) is 56.5 Å². The van der Waals surface area contributed by atoms with Gasteiger partial charge in [0.2, 0.25) is 0 Å². The first kappa shape index (κ1) is 11.4. The molecule has 1 aromatic carbocycles. The molecule has 0 saturated heterocycles. The first-order chi connectivity index (χ1) is 7.85. The second kappa shape index (κ2) is 5.30. The van der Waals surface area contributed by atoms with Crippen LogP contribution in [0.4, 0.5) is 0 Å². The van der Waals surface area contributed by atoms with Crippen molar-refractivity contribution in [2.75, 3.05) is 20.3 Å². The third-order valence-electron chi connectivity index (χ3n) is 3.04. The summed E-state index contributed by atoms with van der Waals surface area (Å²) in [5.41, 5.74) is 4.04. The summed E-state index contributed by atoms with van der Waals surface area (Å²) in [4.78, 5) is 0. The average molecular weight is 222 g/mol. The Balaban J connectivity index is 2.06. The normalized spacial score (nSPS) is 21.0. The minimum Gasteiger partial charge on any atom is -0.493 e. The van der Waals surface area contributed by atoms with Gasteiger partial charge in [-0.2, -0.15) is 0 Å². The van der Waals surface area contributed by atoms with Gasteiger partial charge in [0, 0.05) is 13.0 Å². The third-order valence-corrected chi connectivity index (χ3v) is 3.04. The lowest BCUT2D eigenvalue weighted by Crippen LogP contribution is -2.47. The smallest absolute Gasteiger partial charge is 0.122 e. The molecule has 4 nitrogen and oxygen atoms in total. The van der Waals surface area contributed by atoms with Crippen LogP contribution in [0.3, 0.4) is 0 Å². The molecule has 0 aromatic heterocycles. The van der Waals surface area contributed by atoms with Crippen LogP contribution in [0.15, 0.2) is 24.3 Å². The molecule has 0 bridgehead atoms. The zero-order chi connectivity index (χ0) is 11.4. The highest BCUT2D eigenvalue weighted by Crippen LogP contribution is 2.28. The number of nitrogens with one attached hydrogen (secondary N) is 1. The number of rotatable bonds is 4. The fraction of sp³-hybridized carbons (Fsp3) is 0.500. The number of hydrogen-bond acceptors (Lipinski definition) is 4. The quantitative estimate of drug-likeness (QED) is 0.582. The van der Waals surface area contributed by atoms with Gasteiger partial charge in [0.05, 0.1) is 19.3 Å². The van der Waals surface area contributed by atoms with E-state index in [9.17, 15) is 0 Å². The second-order valence-corrected chi connectivity index (χ2v) is 4.11. The summed E-state index contributed by atoms with van der Waals surface area (Å²) in [6, 6.07) is 8.27. The zero-order valence-corrected chi connectivity index (χ0v) is 9.48. The van der Waals surface area contributed by atoms with Crippen molar-refractivity contribution in [2.24, 2.45) is 11.8 Å². The van der Waals surface area contributed by atoms with Crippen molar-refractivity contribution >= 4 is 0 Å². The maximum absolute atomic E-state index is 5.71. The number of ether oxygens (including phenoxy) is 2. The number of para-hydroxylation sites is 1. The summed E-state index contributed by atoms with van der Waals surface area (Å²) in [7, 11) is 1.68. The molecule has 88 valence electrons. The zero-order valence-electron chi connectivity index (χ0n) is 9.48. The van der Waals surface area contributed by atoms with Crippen molar-refractivity contribution in [3.05, 3.63) is 29.8 Å². The molecular formula is C12H18N2O2. The monoisotopic (exact) mass is 222 g/mol. The molecule has 0 saturated carbocycles. The van der Waals surface area contributed by atoms with Crippen molar-refractivity contribution < 1.29 is 9.47 Å². The van der Waals surface area contributed by atoms with E-state index < -0.39 is 0 Å². The minimum absolute atomic E-state index is 0.137. The van der Waals surface area contributed by atoms with E-state index in [4.69, 9.17) is 15.3 Å². The molecule has 0 amide bonds. The molecular weight excluding hydrogens is 204 g/mol. The van der Waals surface area contributed by atoms with Gasteiger partial charge < -0.3 is 9.47 Å². The highest BCUT2D eigenvalue weighted by molar-refractivity contribution is 5.35. The Kier molecular flexibility index (Phi) is 3.77. The number of nitrogens with two attached hydrogens (primary N) is 1. The summed E-state index contributed by atoms with van der Waals surface area (Å²) in [5.74, 6) is 6.88. The van der Waals surface area contributed by atoms with Crippen molar-refractivity contribution in [2.45, 2.75) is 12.5 Å². The predicted molar refractivity (Wildman–Crippen MR) is 62.1 cm³/mol. The predicted octanol–water partition coefficient (Wildman–Crippen LogP) is 0.716. The molecule has 1 aromatic rings. The average Bonchev–Trinajstić information content (AvgIpc) is 2.35.